The van der Waals surface area contributed by atoms with E-state index in [1.807, 2.05) is 6.07 Å². The van der Waals surface area contributed by atoms with E-state index in [-0.39, 0.29) is 11.6 Å². The Balaban J connectivity index is 1.45. The van der Waals surface area contributed by atoms with Gasteiger partial charge in [0.15, 0.2) is 5.82 Å². The number of nitrogens with zero attached hydrogens (tertiary/aromatic N) is 3. The molecule has 4 rings (SSSR count). The first-order chi connectivity index (χ1) is 14.4. The van der Waals surface area contributed by atoms with Gasteiger partial charge in [-0.1, -0.05) is 52.5 Å². The molecule has 2 aromatic carbocycles. The van der Waals surface area contributed by atoms with Crippen molar-refractivity contribution in [3.63, 3.8) is 0 Å². The minimum atomic E-state index is -0.381. The molecule has 0 atom stereocenters. The second-order valence-corrected chi connectivity index (χ2v) is 8.07. The number of H-pyrrole nitrogens is 1. The molecule has 2 heterocycles. The lowest BCUT2D eigenvalue weighted by Crippen LogP contribution is -2.13. The Morgan fingerprint density at radius 1 is 0.967 bits per heavy atom. The Morgan fingerprint density at radius 2 is 1.70 bits per heavy atom. The monoisotopic (exact) mass is 479 g/mol. The summed E-state index contributed by atoms with van der Waals surface area (Å²) in [5.74, 6) is 0.0133. The van der Waals surface area contributed by atoms with Gasteiger partial charge in [-0.15, -0.1) is 0 Å². The molecule has 0 saturated carbocycles. The Labute approximate surface area is 191 Å². The number of nitrogens with one attached hydrogen (secondary N) is 2. The number of carbonyl (C=O) groups is 1. The third kappa shape index (κ3) is 4.63. The van der Waals surface area contributed by atoms with Gasteiger partial charge >= 0.3 is 0 Å². The maximum Gasteiger partial charge on any atom is 0.274 e. The first kappa shape index (κ1) is 20.8. The van der Waals surface area contributed by atoms with Crippen molar-refractivity contribution in [3.8, 4) is 11.3 Å². The number of hydrogen-bond donors (Lipinski definition) is 2. The van der Waals surface area contributed by atoms with Crippen LogP contribution in [-0.4, -0.2) is 25.9 Å². The van der Waals surface area contributed by atoms with Crippen molar-refractivity contribution in [2.45, 2.75) is 6.54 Å². The molecular formula is C20H13Cl4N5O. The predicted octanol–water partition coefficient (Wildman–Crippen LogP) is 6.19. The quantitative estimate of drug-likeness (QED) is 0.357. The number of anilines is 1. The Bertz CT molecular complexity index is 1230. The molecule has 0 saturated heterocycles. The van der Waals surface area contributed by atoms with Crippen LogP contribution in [0, 0.1) is 0 Å². The van der Waals surface area contributed by atoms with E-state index in [4.69, 9.17) is 46.4 Å². The molecule has 0 bridgehead atoms. The normalized spacial score (nSPS) is 10.9. The SMILES string of the molecule is O=C(Nc1ccn(Cc2ccc(Cl)cc2Cl)n1)c1cc(-c2ccc(Cl)cc2Cl)n[nH]1. The van der Waals surface area contributed by atoms with Crippen LogP contribution in [0.15, 0.2) is 54.7 Å². The number of benzene rings is 2. The second kappa shape index (κ2) is 8.70. The fraction of sp³-hybridized carbons (Fsp3) is 0.0500. The Hall–Kier alpha value is -2.51. The molecule has 6 nitrogen and oxygen atoms in total. The van der Waals surface area contributed by atoms with Crippen molar-refractivity contribution < 1.29 is 4.79 Å². The largest absolute Gasteiger partial charge is 0.304 e. The van der Waals surface area contributed by atoms with Gasteiger partial charge in [0, 0.05) is 32.9 Å². The Morgan fingerprint density at radius 3 is 2.43 bits per heavy atom. The third-order valence-electron chi connectivity index (χ3n) is 4.26. The lowest BCUT2D eigenvalue weighted by molar-refractivity contribution is 0.102. The third-order valence-corrected chi connectivity index (χ3v) is 5.39. The standard InChI is InChI=1S/C20H13Cl4N5O/c21-12-2-1-11(15(23)7-12)10-29-6-5-19(28-29)25-20(30)18-9-17(26-27-18)14-4-3-13(22)8-16(14)24/h1-9H,10H2,(H,26,27)(H,25,28,30). The van der Waals surface area contributed by atoms with Crippen molar-refractivity contribution in [2.24, 2.45) is 0 Å². The fourth-order valence-electron chi connectivity index (χ4n) is 2.80. The molecule has 30 heavy (non-hydrogen) atoms. The molecular weight excluding hydrogens is 468 g/mol. The summed E-state index contributed by atoms with van der Waals surface area (Å²) in [7, 11) is 0. The summed E-state index contributed by atoms with van der Waals surface area (Å²) >= 11 is 24.2. The summed E-state index contributed by atoms with van der Waals surface area (Å²) in [6.45, 7) is 0.440. The highest BCUT2D eigenvalue weighted by Gasteiger charge is 2.14. The van der Waals surface area contributed by atoms with Gasteiger partial charge in [-0.3, -0.25) is 14.6 Å². The van der Waals surface area contributed by atoms with Gasteiger partial charge < -0.3 is 5.32 Å². The first-order valence-corrected chi connectivity index (χ1v) is 10.2. The maximum absolute atomic E-state index is 12.5. The molecule has 0 fully saturated rings. The van der Waals surface area contributed by atoms with Crippen molar-refractivity contribution >= 4 is 58.1 Å². The van der Waals surface area contributed by atoms with E-state index < -0.39 is 0 Å². The van der Waals surface area contributed by atoms with Crippen LogP contribution in [0.2, 0.25) is 20.1 Å². The van der Waals surface area contributed by atoms with E-state index in [9.17, 15) is 4.79 Å². The van der Waals surface area contributed by atoms with Gasteiger partial charge in [0.05, 0.1) is 17.3 Å². The van der Waals surface area contributed by atoms with Crippen LogP contribution in [0.4, 0.5) is 5.82 Å². The molecule has 0 aliphatic heterocycles. The molecule has 10 heteroatoms. The van der Waals surface area contributed by atoms with Crippen LogP contribution in [-0.2, 0) is 6.54 Å². The van der Waals surface area contributed by atoms with Crippen molar-refractivity contribution in [1.82, 2.24) is 20.0 Å². The average molecular weight is 481 g/mol. The van der Waals surface area contributed by atoms with E-state index in [0.717, 1.165) is 5.56 Å². The predicted molar refractivity (Wildman–Crippen MR) is 120 cm³/mol. The molecule has 0 aliphatic carbocycles. The molecule has 2 N–H and O–H groups in total. The lowest BCUT2D eigenvalue weighted by atomic mass is 10.1. The van der Waals surface area contributed by atoms with E-state index in [2.05, 4.69) is 20.6 Å². The van der Waals surface area contributed by atoms with Crippen LogP contribution in [0.1, 0.15) is 16.1 Å². The smallest absolute Gasteiger partial charge is 0.274 e. The first-order valence-electron chi connectivity index (χ1n) is 8.68. The minimum Gasteiger partial charge on any atom is -0.304 e. The molecule has 4 aromatic rings. The number of carbonyl (C=O) groups excluding carboxylic acids is 1. The zero-order chi connectivity index (χ0) is 21.3. The minimum absolute atomic E-state index is 0.270. The molecule has 2 aromatic heterocycles. The summed E-state index contributed by atoms with van der Waals surface area (Å²) in [5, 5.41) is 16.0. The van der Waals surface area contributed by atoms with Gasteiger partial charge in [0.1, 0.15) is 5.69 Å². The summed E-state index contributed by atoms with van der Waals surface area (Å²) in [6.07, 6.45) is 1.74. The van der Waals surface area contributed by atoms with Crippen LogP contribution >= 0.6 is 46.4 Å². The maximum atomic E-state index is 12.5. The van der Waals surface area contributed by atoms with Crippen molar-refractivity contribution in [3.05, 3.63) is 86.1 Å². The summed E-state index contributed by atoms with van der Waals surface area (Å²) in [4.78, 5) is 12.5. The van der Waals surface area contributed by atoms with Crippen molar-refractivity contribution in [2.75, 3.05) is 5.32 Å². The molecule has 1 amide bonds. The van der Waals surface area contributed by atoms with E-state index in [1.165, 1.54) is 0 Å². The highest BCUT2D eigenvalue weighted by Crippen LogP contribution is 2.29. The topological polar surface area (TPSA) is 75.6 Å². The molecule has 0 unspecified atom stereocenters. The van der Waals surface area contributed by atoms with Crippen LogP contribution in [0.25, 0.3) is 11.3 Å². The number of aromatic amines is 1. The number of aromatic nitrogens is 4. The highest BCUT2D eigenvalue weighted by atomic mass is 35.5. The fourth-order valence-corrected chi connectivity index (χ4v) is 3.77. The molecule has 0 spiro atoms. The van der Waals surface area contributed by atoms with Crippen LogP contribution < -0.4 is 5.32 Å². The zero-order valence-corrected chi connectivity index (χ0v) is 18.2. The molecule has 0 radical (unpaired) electrons. The summed E-state index contributed by atoms with van der Waals surface area (Å²) in [5.41, 5.74) is 2.33. The lowest BCUT2D eigenvalue weighted by Gasteiger charge is -2.05. The zero-order valence-electron chi connectivity index (χ0n) is 15.2. The van der Waals surface area contributed by atoms with E-state index in [1.54, 1.807) is 53.3 Å². The van der Waals surface area contributed by atoms with Gasteiger partial charge in [0.25, 0.3) is 5.91 Å². The highest BCUT2D eigenvalue weighted by molar-refractivity contribution is 6.36. The van der Waals surface area contributed by atoms with Crippen molar-refractivity contribution in [1.29, 1.82) is 0 Å². The number of amides is 1. The molecule has 0 aliphatic rings. The number of rotatable bonds is 5. The van der Waals surface area contributed by atoms with Gasteiger partial charge in [0.2, 0.25) is 0 Å². The van der Waals surface area contributed by atoms with Crippen LogP contribution in [0.5, 0.6) is 0 Å². The average Bonchev–Trinajstić information content (AvgIpc) is 3.34. The number of hydrogen-bond acceptors (Lipinski definition) is 3. The van der Waals surface area contributed by atoms with Crippen LogP contribution in [0.3, 0.4) is 0 Å². The summed E-state index contributed by atoms with van der Waals surface area (Å²) in [6, 6.07) is 13.6. The number of halogens is 4. The van der Waals surface area contributed by atoms with E-state index >= 15 is 0 Å². The summed E-state index contributed by atoms with van der Waals surface area (Å²) < 4.78 is 1.66. The molecule has 152 valence electrons. The van der Waals surface area contributed by atoms with Gasteiger partial charge in [-0.25, -0.2) is 0 Å². The van der Waals surface area contributed by atoms with E-state index in [0.29, 0.717) is 43.7 Å². The van der Waals surface area contributed by atoms with Gasteiger partial charge in [-0.2, -0.15) is 10.2 Å². The van der Waals surface area contributed by atoms with Gasteiger partial charge in [-0.05, 0) is 42.0 Å². The second-order valence-electron chi connectivity index (χ2n) is 6.38. The Kier molecular flexibility index (Phi) is 6.01.